The third-order valence-corrected chi connectivity index (χ3v) is 5.74. The molecule has 114 valence electrons. The molecule has 0 saturated heterocycles. The van der Waals surface area contributed by atoms with E-state index in [1.54, 1.807) is 40.9 Å². The molecule has 0 saturated carbocycles. The maximum atomic E-state index is 5.80. The van der Waals surface area contributed by atoms with Gasteiger partial charge in [0.2, 0.25) is 0 Å². The van der Waals surface area contributed by atoms with E-state index >= 15 is 0 Å². The molecule has 3 aromatic rings. The molecule has 7 heteroatoms. The highest BCUT2D eigenvalue weighted by Crippen LogP contribution is 2.26. The lowest BCUT2D eigenvalue weighted by atomic mass is 10.2. The smallest absolute Gasteiger partial charge is 0.190 e. The number of nitrogens with zero attached hydrogens (tertiary/aromatic N) is 3. The van der Waals surface area contributed by atoms with Crippen molar-refractivity contribution in [1.82, 2.24) is 15.0 Å². The van der Waals surface area contributed by atoms with Gasteiger partial charge in [-0.2, -0.15) is 0 Å². The molecule has 0 amide bonds. The van der Waals surface area contributed by atoms with Crippen molar-refractivity contribution in [3.8, 4) is 0 Å². The number of hydrogen-bond donors (Lipinski definition) is 1. The van der Waals surface area contributed by atoms with Crippen molar-refractivity contribution >= 4 is 50.8 Å². The Morgan fingerprint density at radius 3 is 2.95 bits per heavy atom. The molecule has 0 spiro atoms. The van der Waals surface area contributed by atoms with Crippen LogP contribution in [0.25, 0.3) is 10.1 Å². The largest absolute Gasteiger partial charge is 0.384 e. The lowest BCUT2D eigenvalue weighted by molar-refractivity contribution is 0.898. The van der Waals surface area contributed by atoms with Gasteiger partial charge in [-0.1, -0.05) is 11.8 Å². The SMILES string of the molecule is CSc1cc(N)nc(SCCc2cc3c(C)csc3cn2)n1. The van der Waals surface area contributed by atoms with E-state index in [1.165, 1.54) is 15.6 Å². The topological polar surface area (TPSA) is 64.7 Å². The van der Waals surface area contributed by atoms with Gasteiger partial charge in [0, 0.05) is 23.7 Å². The summed E-state index contributed by atoms with van der Waals surface area (Å²) < 4.78 is 1.25. The summed E-state index contributed by atoms with van der Waals surface area (Å²) in [5.74, 6) is 1.41. The molecule has 4 nitrogen and oxygen atoms in total. The maximum absolute atomic E-state index is 5.80. The average Bonchev–Trinajstić information content (AvgIpc) is 2.88. The number of aromatic nitrogens is 3. The van der Waals surface area contributed by atoms with Crippen LogP contribution in [-0.2, 0) is 6.42 Å². The predicted molar refractivity (Wildman–Crippen MR) is 97.0 cm³/mol. The van der Waals surface area contributed by atoms with Gasteiger partial charge >= 0.3 is 0 Å². The van der Waals surface area contributed by atoms with Crippen LogP contribution < -0.4 is 5.73 Å². The normalized spacial score (nSPS) is 11.2. The summed E-state index contributed by atoms with van der Waals surface area (Å²) in [6.45, 7) is 2.14. The fourth-order valence-corrected chi connectivity index (χ4v) is 4.27. The van der Waals surface area contributed by atoms with E-state index in [4.69, 9.17) is 5.73 Å². The summed E-state index contributed by atoms with van der Waals surface area (Å²) in [7, 11) is 0. The summed E-state index contributed by atoms with van der Waals surface area (Å²) in [5, 5.41) is 5.13. The number of nitrogen functional groups attached to an aromatic ring is 1. The van der Waals surface area contributed by atoms with Crippen LogP contribution in [0.5, 0.6) is 0 Å². The standard InChI is InChI=1S/C15H16N4S3/c1-9-8-22-12-7-17-10(5-11(9)12)3-4-21-15-18-13(16)6-14(19-15)20-2/h5-8H,3-4H2,1-2H3,(H2,16,18,19). The zero-order chi connectivity index (χ0) is 15.5. The fourth-order valence-electron chi connectivity index (χ4n) is 2.08. The highest BCUT2D eigenvalue weighted by molar-refractivity contribution is 7.99. The minimum Gasteiger partial charge on any atom is -0.384 e. The van der Waals surface area contributed by atoms with Crippen LogP contribution in [-0.4, -0.2) is 27.0 Å². The van der Waals surface area contributed by atoms with Crippen LogP contribution in [0.2, 0.25) is 0 Å². The molecule has 0 aliphatic carbocycles. The highest BCUT2D eigenvalue weighted by Gasteiger charge is 2.06. The van der Waals surface area contributed by atoms with Gasteiger partial charge in [-0.05, 0) is 42.0 Å². The zero-order valence-electron chi connectivity index (χ0n) is 12.4. The Hall–Kier alpha value is -1.31. The molecule has 2 N–H and O–H groups in total. The first-order valence-electron chi connectivity index (χ1n) is 6.80. The molecule has 0 aliphatic heterocycles. The number of aryl methyl sites for hydroxylation is 2. The van der Waals surface area contributed by atoms with Crippen LogP contribution in [0.4, 0.5) is 5.82 Å². The van der Waals surface area contributed by atoms with Gasteiger partial charge in [0.25, 0.3) is 0 Å². The van der Waals surface area contributed by atoms with E-state index in [-0.39, 0.29) is 0 Å². The van der Waals surface area contributed by atoms with Crippen LogP contribution >= 0.6 is 34.9 Å². The Bertz CT molecular complexity index is 801. The van der Waals surface area contributed by atoms with Gasteiger partial charge in [0.15, 0.2) is 5.16 Å². The summed E-state index contributed by atoms with van der Waals surface area (Å²) in [6.07, 6.45) is 4.84. The molecule has 0 unspecified atom stereocenters. The van der Waals surface area contributed by atoms with E-state index in [9.17, 15) is 0 Å². The van der Waals surface area contributed by atoms with Crippen molar-refractivity contribution in [2.45, 2.75) is 23.5 Å². The van der Waals surface area contributed by atoms with Crippen molar-refractivity contribution in [1.29, 1.82) is 0 Å². The molecule has 0 radical (unpaired) electrons. The number of anilines is 1. The highest BCUT2D eigenvalue weighted by atomic mass is 32.2. The van der Waals surface area contributed by atoms with E-state index in [1.807, 2.05) is 12.5 Å². The first-order chi connectivity index (χ1) is 10.7. The lowest BCUT2D eigenvalue weighted by Crippen LogP contribution is -1.98. The monoisotopic (exact) mass is 348 g/mol. The van der Waals surface area contributed by atoms with Crippen molar-refractivity contribution < 1.29 is 0 Å². The second-order valence-corrected chi connectivity index (χ2v) is 7.61. The lowest BCUT2D eigenvalue weighted by Gasteiger charge is -2.04. The molecule has 0 bridgehead atoms. The number of nitrogens with two attached hydrogens (primary N) is 1. The van der Waals surface area contributed by atoms with E-state index in [0.717, 1.165) is 28.0 Å². The third-order valence-electron chi connectivity index (χ3n) is 3.21. The fraction of sp³-hybridized carbons (Fsp3) is 0.267. The van der Waals surface area contributed by atoms with Crippen molar-refractivity contribution in [2.24, 2.45) is 0 Å². The molecular formula is C15H16N4S3. The number of fused-ring (bicyclic) bond motifs is 1. The summed E-state index contributed by atoms with van der Waals surface area (Å²) in [6, 6.07) is 3.98. The second kappa shape index (κ2) is 6.85. The minimum absolute atomic E-state index is 0.523. The van der Waals surface area contributed by atoms with Crippen molar-refractivity contribution in [2.75, 3.05) is 17.7 Å². The number of pyridine rings is 1. The van der Waals surface area contributed by atoms with Crippen molar-refractivity contribution in [3.63, 3.8) is 0 Å². The maximum Gasteiger partial charge on any atom is 0.190 e. The second-order valence-electron chi connectivity index (χ2n) is 4.81. The van der Waals surface area contributed by atoms with Crippen LogP contribution in [0.15, 0.2) is 33.9 Å². The molecule has 22 heavy (non-hydrogen) atoms. The molecule has 0 atom stereocenters. The Morgan fingerprint density at radius 2 is 2.14 bits per heavy atom. The van der Waals surface area contributed by atoms with Gasteiger partial charge in [-0.15, -0.1) is 23.1 Å². The van der Waals surface area contributed by atoms with Gasteiger partial charge in [-0.25, -0.2) is 9.97 Å². The quantitative estimate of drug-likeness (QED) is 0.426. The van der Waals surface area contributed by atoms with Gasteiger partial charge in [0.05, 0.1) is 4.70 Å². The molecule has 0 fully saturated rings. The number of rotatable bonds is 5. The Morgan fingerprint density at radius 1 is 1.27 bits per heavy atom. The summed E-state index contributed by atoms with van der Waals surface area (Å²) in [4.78, 5) is 13.3. The summed E-state index contributed by atoms with van der Waals surface area (Å²) in [5.41, 5.74) is 8.22. The van der Waals surface area contributed by atoms with Gasteiger partial charge in [0.1, 0.15) is 10.8 Å². The first-order valence-corrected chi connectivity index (χ1v) is 9.89. The van der Waals surface area contributed by atoms with Crippen LogP contribution in [0.3, 0.4) is 0 Å². The van der Waals surface area contributed by atoms with Crippen LogP contribution in [0.1, 0.15) is 11.3 Å². The Balaban J connectivity index is 1.66. The van der Waals surface area contributed by atoms with E-state index in [2.05, 4.69) is 33.3 Å². The average molecular weight is 349 g/mol. The first kappa shape index (κ1) is 15.6. The Labute approximate surface area is 142 Å². The van der Waals surface area contributed by atoms with Crippen LogP contribution in [0, 0.1) is 6.92 Å². The molecule has 0 aliphatic rings. The molecule has 3 aromatic heterocycles. The number of thioether (sulfide) groups is 2. The molecule has 0 aromatic carbocycles. The van der Waals surface area contributed by atoms with E-state index < -0.39 is 0 Å². The molecular weight excluding hydrogens is 332 g/mol. The van der Waals surface area contributed by atoms with Crippen molar-refractivity contribution in [3.05, 3.63) is 35.0 Å². The number of hydrogen-bond acceptors (Lipinski definition) is 7. The van der Waals surface area contributed by atoms with Gasteiger partial charge < -0.3 is 5.73 Å². The zero-order valence-corrected chi connectivity index (χ0v) is 14.8. The number of thiophene rings is 1. The minimum atomic E-state index is 0.523. The molecule has 3 rings (SSSR count). The van der Waals surface area contributed by atoms with Gasteiger partial charge in [-0.3, -0.25) is 4.98 Å². The summed E-state index contributed by atoms with van der Waals surface area (Å²) >= 11 is 4.94. The predicted octanol–water partition coefficient (Wildman–Crippen LogP) is 4.03. The molecule has 3 heterocycles. The van der Waals surface area contributed by atoms with E-state index in [0.29, 0.717) is 5.82 Å². The Kier molecular flexibility index (Phi) is 4.85. The third kappa shape index (κ3) is 3.53.